The van der Waals surface area contributed by atoms with Crippen LogP contribution >= 0.6 is 0 Å². The van der Waals surface area contributed by atoms with Crippen molar-refractivity contribution < 1.29 is 28.6 Å². The number of hydrogen-bond donors (Lipinski definition) is 0. The monoisotopic (exact) mass is 945 g/mol. The lowest BCUT2D eigenvalue weighted by molar-refractivity contribution is -0.167. The van der Waals surface area contributed by atoms with Crippen LogP contribution in [0.25, 0.3) is 0 Å². The molecule has 1 atom stereocenters. The molecule has 6 nitrogen and oxygen atoms in total. The van der Waals surface area contributed by atoms with Gasteiger partial charge in [0.15, 0.2) is 6.10 Å². The summed E-state index contributed by atoms with van der Waals surface area (Å²) in [6.07, 6.45) is 74.0. The third-order valence-corrected chi connectivity index (χ3v) is 11.8. The van der Waals surface area contributed by atoms with Crippen molar-refractivity contribution in [3.8, 4) is 0 Å². The fraction of sp³-hybridized carbons (Fsp3) is 0.694. The smallest absolute Gasteiger partial charge is 0.306 e. The molecule has 0 fully saturated rings. The number of hydrogen-bond acceptors (Lipinski definition) is 6. The number of rotatable bonds is 50. The summed E-state index contributed by atoms with van der Waals surface area (Å²) in [6, 6.07) is 0. The second kappa shape index (κ2) is 55.9. The first-order valence-electron chi connectivity index (χ1n) is 28.2. The molecule has 0 radical (unpaired) electrons. The van der Waals surface area contributed by atoms with E-state index in [0.717, 1.165) is 122 Å². The van der Waals surface area contributed by atoms with Crippen LogP contribution in [0.4, 0.5) is 0 Å². The normalized spacial score (nSPS) is 12.8. The number of unbranched alkanes of at least 4 members (excludes halogenated alkanes) is 23. The number of carbonyl (C=O) groups is 3. The summed E-state index contributed by atoms with van der Waals surface area (Å²) in [5.74, 6) is -0.932. The Morgan fingerprint density at radius 2 is 0.574 bits per heavy atom. The van der Waals surface area contributed by atoms with Gasteiger partial charge < -0.3 is 14.2 Å². The molecule has 0 aliphatic carbocycles. The molecule has 68 heavy (non-hydrogen) atoms. The van der Waals surface area contributed by atoms with Crippen LogP contribution in [-0.2, 0) is 28.6 Å². The second-order valence-corrected chi connectivity index (χ2v) is 18.5. The second-order valence-electron chi connectivity index (χ2n) is 18.5. The van der Waals surface area contributed by atoms with Crippen LogP contribution < -0.4 is 0 Å². The molecule has 0 rings (SSSR count). The van der Waals surface area contributed by atoms with Crippen LogP contribution in [0.3, 0.4) is 0 Å². The fourth-order valence-electron chi connectivity index (χ4n) is 7.59. The Kier molecular flexibility index (Phi) is 52.9. The van der Waals surface area contributed by atoms with Crippen molar-refractivity contribution in [1.82, 2.24) is 0 Å². The molecule has 0 amide bonds. The number of esters is 3. The number of allylic oxidation sites excluding steroid dienone is 16. The summed E-state index contributed by atoms with van der Waals surface area (Å²) >= 11 is 0. The molecule has 0 bridgehead atoms. The average molecular weight is 946 g/mol. The zero-order valence-corrected chi connectivity index (χ0v) is 44.3. The number of carbonyl (C=O) groups excluding carboxylic acids is 3. The van der Waals surface area contributed by atoms with Crippen LogP contribution in [0.5, 0.6) is 0 Å². The third-order valence-electron chi connectivity index (χ3n) is 11.8. The number of ether oxygens (including phenoxy) is 3. The summed E-state index contributed by atoms with van der Waals surface area (Å²) < 4.78 is 16.8. The zero-order valence-electron chi connectivity index (χ0n) is 44.3. The summed E-state index contributed by atoms with van der Waals surface area (Å²) in [4.78, 5) is 38.0. The highest BCUT2D eigenvalue weighted by Crippen LogP contribution is 2.14. The van der Waals surface area contributed by atoms with Gasteiger partial charge in [-0.05, 0) is 103 Å². The van der Waals surface area contributed by atoms with Gasteiger partial charge in [-0.2, -0.15) is 0 Å². The Morgan fingerprint density at radius 3 is 0.926 bits per heavy atom. The van der Waals surface area contributed by atoms with Crippen molar-refractivity contribution >= 4 is 17.9 Å². The van der Waals surface area contributed by atoms with Gasteiger partial charge in [-0.25, -0.2) is 0 Å². The Balaban J connectivity index is 4.39. The van der Waals surface area contributed by atoms with E-state index in [9.17, 15) is 14.4 Å². The van der Waals surface area contributed by atoms with Crippen LogP contribution in [0.15, 0.2) is 97.2 Å². The van der Waals surface area contributed by atoms with Crippen LogP contribution in [-0.4, -0.2) is 37.2 Å². The maximum absolute atomic E-state index is 12.8. The molecule has 0 aliphatic heterocycles. The van der Waals surface area contributed by atoms with Gasteiger partial charge in [0.1, 0.15) is 13.2 Å². The van der Waals surface area contributed by atoms with Gasteiger partial charge in [-0.1, -0.05) is 234 Å². The van der Waals surface area contributed by atoms with E-state index in [4.69, 9.17) is 14.2 Å². The summed E-state index contributed by atoms with van der Waals surface area (Å²) in [5.41, 5.74) is 0. The van der Waals surface area contributed by atoms with Gasteiger partial charge in [0, 0.05) is 19.3 Å². The van der Waals surface area contributed by atoms with Gasteiger partial charge in [0.2, 0.25) is 0 Å². The molecule has 0 saturated carbocycles. The molecule has 0 saturated heterocycles. The Labute approximate surface area is 419 Å². The molecular formula is C62H104O6. The van der Waals surface area contributed by atoms with Crippen LogP contribution in [0, 0.1) is 0 Å². The molecule has 1 unspecified atom stereocenters. The average Bonchev–Trinajstić information content (AvgIpc) is 3.34. The maximum atomic E-state index is 12.8. The largest absolute Gasteiger partial charge is 0.462 e. The predicted octanol–water partition coefficient (Wildman–Crippen LogP) is 18.9. The standard InChI is InChI=1S/C62H104O6/c1-4-7-10-13-16-19-22-24-26-27-28-29-30-31-32-33-34-35-36-38-40-43-46-49-52-55-61(64)67-58-59(57-66-60(63)54-51-48-45-42-39-21-18-15-12-9-6-3)68-62(65)56-53-50-47-44-41-37-25-23-20-17-14-11-8-5-2/h7,10,16,19,23-26,28-29,31-32,34-35,38,40,59H,4-6,8-9,11-15,17-18,20-22,27,30,33,36-37,39,41-58H2,1-3H3/b10-7-,19-16-,25-23-,26-24-,29-28-,32-31-,35-34-,40-38-. The highest BCUT2D eigenvalue weighted by Gasteiger charge is 2.19. The van der Waals surface area contributed by atoms with Gasteiger partial charge >= 0.3 is 17.9 Å². The Hall–Kier alpha value is -3.67. The molecule has 0 aliphatic rings. The third kappa shape index (κ3) is 53.3. The van der Waals surface area contributed by atoms with E-state index in [0.29, 0.717) is 19.3 Å². The first-order chi connectivity index (χ1) is 33.5. The molecular weight excluding hydrogens is 841 g/mol. The van der Waals surface area contributed by atoms with Crippen molar-refractivity contribution in [2.24, 2.45) is 0 Å². The summed E-state index contributed by atoms with van der Waals surface area (Å²) in [7, 11) is 0. The van der Waals surface area contributed by atoms with Gasteiger partial charge in [-0.15, -0.1) is 0 Å². The van der Waals surface area contributed by atoms with E-state index in [1.807, 2.05) is 0 Å². The van der Waals surface area contributed by atoms with E-state index in [-0.39, 0.29) is 31.1 Å². The Morgan fingerprint density at radius 1 is 0.309 bits per heavy atom. The molecule has 0 spiro atoms. The van der Waals surface area contributed by atoms with E-state index in [1.54, 1.807) is 0 Å². The lowest BCUT2D eigenvalue weighted by Gasteiger charge is -2.18. The van der Waals surface area contributed by atoms with Gasteiger partial charge in [0.25, 0.3) is 0 Å². The molecule has 0 aromatic heterocycles. The van der Waals surface area contributed by atoms with Gasteiger partial charge in [0.05, 0.1) is 0 Å². The van der Waals surface area contributed by atoms with Crippen molar-refractivity contribution in [2.45, 2.75) is 264 Å². The van der Waals surface area contributed by atoms with Crippen LogP contribution in [0.2, 0.25) is 0 Å². The lowest BCUT2D eigenvalue weighted by atomic mass is 10.1. The first kappa shape index (κ1) is 64.3. The summed E-state index contributed by atoms with van der Waals surface area (Å²) in [5, 5.41) is 0. The lowest BCUT2D eigenvalue weighted by Crippen LogP contribution is -2.30. The van der Waals surface area contributed by atoms with Crippen LogP contribution in [0.1, 0.15) is 258 Å². The minimum absolute atomic E-state index is 0.0902. The molecule has 0 aromatic carbocycles. The first-order valence-corrected chi connectivity index (χ1v) is 28.2. The Bertz CT molecular complexity index is 1360. The molecule has 0 N–H and O–H groups in total. The zero-order chi connectivity index (χ0) is 49.3. The molecule has 0 aromatic rings. The minimum Gasteiger partial charge on any atom is -0.462 e. The molecule has 6 heteroatoms. The molecule has 388 valence electrons. The van der Waals surface area contributed by atoms with E-state index in [2.05, 4.69) is 118 Å². The topological polar surface area (TPSA) is 78.9 Å². The van der Waals surface area contributed by atoms with Crippen molar-refractivity contribution in [1.29, 1.82) is 0 Å². The summed E-state index contributed by atoms with van der Waals surface area (Å²) in [6.45, 7) is 6.47. The minimum atomic E-state index is -0.794. The van der Waals surface area contributed by atoms with Crippen molar-refractivity contribution in [3.05, 3.63) is 97.2 Å². The highest BCUT2D eigenvalue weighted by atomic mass is 16.6. The predicted molar refractivity (Wildman–Crippen MR) is 293 cm³/mol. The molecule has 0 heterocycles. The van der Waals surface area contributed by atoms with E-state index < -0.39 is 6.10 Å². The SMILES string of the molecule is CC/C=C\C/C=C\C/C=C\C/C=C\C/C=C\C/C=C\C/C=C\CCCCCC(=O)OCC(COC(=O)CCCCCCCCCCCCC)OC(=O)CCCCCCC/C=C\CCCCCCC. The van der Waals surface area contributed by atoms with Gasteiger partial charge in [-0.3, -0.25) is 14.4 Å². The highest BCUT2D eigenvalue weighted by molar-refractivity contribution is 5.71. The maximum Gasteiger partial charge on any atom is 0.306 e. The van der Waals surface area contributed by atoms with Crippen molar-refractivity contribution in [2.75, 3.05) is 13.2 Å². The fourth-order valence-corrected chi connectivity index (χ4v) is 7.59. The van der Waals surface area contributed by atoms with Crippen molar-refractivity contribution in [3.63, 3.8) is 0 Å². The van der Waals surface area contributed by atoms with E-state index >= 15 is 0 Å². The quantitative estimate of drug-likeness (QED) is 0.0262. The van der Waals surface area contributed by atoms with E-state index in [1.165, 1.54) is 96.3 Å².